The topological polar surface area (TPSA) is 82.0 Å². The fourth-order valence-corrected chi connectivity index (χ4v) is 0.759. The smallest absolute Gasteiger partial charge is 0.229 e. The highest BCUT2D eigenvalue weighted by molar-refractivity contribution is 5.76. The fraction of sp³-hybridized carbons (Fsp3) is 0.111. The first-order valence-corrected chi connectivity index (χ1v) is 3.67. The van der Waals surface area contributed by atoms with Gasteiger partial charge in [0.05, 0.1) is 6.42 Å². The van der Waals surface area contributed by atoms with E-state index in [1.54, 1.807) is 18.3 Å². The molecule has 0 bridgehead atoms. The number of pyridine rings is 1. The molecule has 1 aromatic rings. The average molecular weight is 175 g/mol. The van der Waals surface area contributed by atoms with Gasteiger partial charge in [-0.3, -0.25) is 4.79 Å². The second-order valence-corrected chi connectivity index (χ2v) is 2.41. The number of nitrogens with two attached hydrogens (primary N) is 2. The molecular formula is C9H9N3O. The zero-order chi connectivity index (χ0) is 9.68. The Hall–Kier alpha value is -2.02. The van der Waals surface area contributed by atoms with Crippen LogP contribution < -0.4 is 11.5 Å². The molecule has 0 unspecified atom stereocenters. The maximum absolute atomic E-state index is 10.3. The van der Waals surface area contributed by atoms with Gasteiger partial charge in [0.15, 0.2) is 0 Å². The number of anilines is 1. The quantitative estimate of drug-likeness (QED) is 0.584. The van der Waals surface area contributed by atoms with Gasteiger partial charge in [-0.1, -0.05) is 11.8 Å². The third-order valence-corrected chi connectivity index (χ3v) is 1.28. The first kappa shape index (κ1) is 9.07. The number of hydrogen-bond donors (Lipinski definition) is 2. The molecule has 13 heavy (non-hydrogen) atoms. The number of carbonyl (C=O) groups is 1. The first-order valence-electron chi connectivity index (χ1n) is 3.67. The van der Waals surface area contributed by atoms with Crippen molar-refractivity contribution >= 4 is 11.7 Å². The molecule has 0 aliphatic rings. The molecule has 0 spiro atoms. The molecule has 0 radical (unpaired) electrons. The van der Waals surface area contributed by atoms with Crippen LogP contribution in [0.2, 0.25) is 0 Å². The van der Waals surface area contributed by atoms with Gasteiger partial charge in [0.25, 0.3) is 0 Å². The molecule has 0 saturated heterocycles. The third-order valence-electron chi connectivity index (χ3n) is 1.28. The van der Waals surface area contributed by atoms with Gasteiger partial charge < -0.3 is 11.5 Å². The monoisotopic (exact) mass is 175 g/mol. The van der Waals surface area contributed by atoms with Gasteiger partial charge in [0.2, 0.25) is 5.91 Å². The molecule has 1 rings (SSSR count). The number of primary amides is 1. The second-order valence-electron chi connectivity index (χ2n) is 2.41. The third kappa shape index (κ3) is 3.25. The van der Waals surface area contributed by atoms with Crippen LogP contribution in [0.5, 0.6) is 0 Å². The summed E-state index contributed by atoms with van der Waals surface area (Å²) in [7, 11) is 0. The molecule has 0 fully saturated rings. The lowest BCUT2D eigenvalue weighted by molar-refractivity contribution is -0.117. The molecule has 66 valence electrons. The number of amides is 1. The summed E-state index contributed by atoms with van der Waals surface area (Å²) in [6, 6.07) is 3.35. The second kappa shape index (κ2) is 4.12. The lowest BCUT2D eigenvalue weighted by Crippen LogP contribution is -2.08. The minimum absolute atomic E-state index is 0.0578. The molecule has 1 aromatic heterocycles. The lowest BCUT2D eigenvalue weighted by Gasteiger charge is -1.91. The standard InChI is InChI=1S/C9H9N3O/c10-8-6-7(4-5-12-8)2-1-3-9(11)13/h4-6H,3H2,(H2,10,12)(H2,11,13). The maximum atomic E-state index is 10.3. The van der Waals surface area contributed by atoms with Crippen molar-refractivity contribution in [1.82, 2.24) is 4.98 Å². The summed E-state index contributed by atoms with van der Waals surface area (Å²) in [5.41, 5.74) is 11.1. The molecule has 4 heteroatoms. The Labute approximate surface area is 76.0 Å². The van der Waals surface area contributed by atoms with Gasteiger partial charge in [0, 0.05) is 11.8 Å². The Morgan fingerprint density at radius 1 is 1.62 bits per heavy atom. The minimum atomic E-state index is -0.436. The van der Waals surface area contributed by atoms with Gasteiger partial charge in [-0.25, -0.2) is 4.98 Å². The van der Waals surface area contributed by atoms with E-state index in [0.29, 0.717) is 5.82 Å². The number of carbonyl (C=O) groups excluding carboxylic acids is 1. The summed E-state index contributed by atoms with van der Waals surface area (Å²) < 4.78 is 0. The van der Waals surface area contributed by atoms with Crippen molar-refractivity contribution < 1.29 is 4.79 Å². The molecule has 1 amide bonds. The molecule has 0 aliphatic heterocycles. The van der Waals surface area contributed by atoms with Crippen LogP contribution in [0.4, 0.5) is 5.82 Å². The Morgan fingerprint density at radius 3 is 3.00 bits per heavy atom. The fourth-order valence-electron chi connectivity index (χ4n) is 0.759. The first-order chi connectivity index (χ1) is 6.18. The highest BCUT2D eigenvalue weighted by Gasteiger charge is 1.89. The largest absolute Gasteiger partial charge is 0.384 e. The predicted octanol–water partition coefficient (Wildman–Crippen LogP) is -0.109. The zero-order valence-corrected chi connectivity index (χ0v) is 6.95. The Kier molecular flexibility index (Phi) is 2.87. The van der Waals surface area contributed by atoms with E-state index in [0.717, 1.165) is 5.56 Å². The van der Waals surface area contributed by atoms with Crippen LogP contribution in [0.3, 0.4) is 0 Å². The number of nitrogens with zero attached hydrogens (tertiary/aromatic N) is 1. The highest BCUT2D eigenvalue weighted by atomic mass is 16.1. The van der Waals surface area contributed by atoms with E-state index in [2.05, 4.69) is 16.8 Å². The molecule has 0 saturated carbocycles. The van der Waals surface area contributed by atoms with Crippen molar-refractivity contribution in [2.24, 2.45) is 5.73 Å². The van der Waals surface area contributed by atoms with Crippen LogP contribution >= 0.6 is 0 Å². The van der Waals surface area contributed by atoms with Crippen LogP contribution in [-0.4, -0.2) is 10.9 Å². The number of aromatic nitrogens is 1. The van der Waals surface area contributed by atoms with E-state index in [4.69, 9.17) is 11.5 Å². The van der Waals surface area contributed by atoms with Crippen molar-refractivity contribution in [3.63, 3.8) is 0 Å². The van der Waals surface area contributed by atoms with Crippen molar-refractivity contribution in [3.05, 3.63) is 23.9 Å². The van der Waals surface area contributed by atoms with Crippen molar-refractivity contribution in [2.45, 2.75) is 6.42 Å². The van der Waals surface area contributed by atoms with E-state index in [9.17, 15) is 4.79 Å². The SMILES string of the molecule is NC(=O)CC#Cc1ccnc(N)c1. The van der Waals surface area contributed by atoms with Crippen molar-refractivity contribution in [2.75, 3.05) is 5.73 Å². The van der Waals surface area contributed by atoms with Gasteiger partial charge in [-0.2, -0.15) is 0 Å². The molecule has 0 aromatic carbocycles. The number of rotatable bonds is 1. The number of hydrogen-bond acceptors (Lipinski definition) is 3. The van der Waals surface area contributed by atoms with Crippen LogP contribution in [-0.2, 0) is 4.79 Å². The van der Waals surface area contributed by atoms with E-state index in [1.807, 2.05) is 0 Å². The van der Waals surface area contributed by atoms with Gasteiger partial charge in [-0.15, -0.1) is 0 Å². The molecule has 4 nitrogen and oxygen atoms in total. The van der Waals surface area contributed by atoms with Crippen LogP contribution in [0.25, 0.3) is 0 Å². The molecule has 0 aliphatic carbocycles. The summed E-state index contributed by atoms with van der Waals surface area (Å²) in [5.74, 6) is 5.34. The van der Waals surface area contributed by atoms with Crippen molar-refractivity contribution in [1.29, 1.82) is 0 Å². The summed E-state index contributed by atoms with van der Waals surface area (Å²) in [5, 5.41) is 0. The molecular weight excluding hydrogens is 166 g/mol. The molecule has 0 atom stereocenters. The Morgan fingerprint density at radius 2 is 2.38 bits per heavy atom. The summed E-state index contributed by atoms with van der Waals surface area (Å²) in [6.45, 7) is 0. The molecule has 4 N–H and O–H groups in total. The number of nitrogen functional groups attached to an aromatic ring is 1. The van der Waals surface area contributed by atoms with Gasteiger partial charge in [0.1, 0.15) is 5.82 Å². The van der Waals surface area contributed by atoms with E-state index < -0.39 is 5.91 Å². The zero-order valence-electron chi connectivity index (χ0n) is 6.95. The van der Waals surface area contributed by atoms with Crippen LogP contribution in [0, 0.1) is 11.8 Å². The summed E-state index contributed by atoms with van der Waals surface area (Å²) in [6.07, 6.45) is 1.62. The van der Waals surface area contributed by atoms with Crippen LogP contribution in [0.15, 0.2) is 18.3 Å². The van der Waals surface area contributed by atoms with E-state index in [-0.39, 0.29) is 6.42 Å². The lowest BCUT2D eigenvalue weighted by atomic mass is 10.2. The Bertz CT molecular complexity index is 376. The predicted molar refractivity (Wildman–Crippen MR) is 49.3 cm³/mol. The summed E-state index contributed by atoms with van der Waals surface area (Å²) in [4.78, 5) is 14.1. The van der Waals surface area contributed by atoms with Crippen LogP contribution in [0.1, 0.15) is 12.0 Å². The normalized spacial score (nSPS) is 8.62. The van der Waals surface area contributed by atoms with E-state index >= 15 is 0 Å². The molecule has 1 heterocycles. The van der Waals surface area contributed by atoms with Gasteiger partial charge >= 0.3 is 0 Å². The van der Waals surface area contributed by atoms with Crippen molar-refractivity contribution in [3.8, 4) is 11.8 Å². The van der Waals surface area contributed by atoms with Gasteiger partial charge in [-0.05, 0) is 12.1 Å². The minimum Gasteiger partial charge on any atom is -0.384 e. The Balaban J connectivity index is 2.72. The highest BCUT2D eigenvalue weighted by Crippen LogP contribution is 2.00. The maximum Gasteiger partial charge on any atom is 0.229 e. The summed E-state index contributed by atoms with van der Waals surface area (Å²) >= 11 is 0. The van der Waals surface area contributed by atoms with E-state index in [1.165, 1.54) is 0 Å². The average Bonchev–Trinajstić information content (AvgIpc) is 2.03.